The fourth-order valence-electron chi connectivity index (χ4n) is 4.49. The van der Waals surface area contributed by atoms with Gasteiger partial charge in [0.25, 0.3) is 5.91 Å². The minimum Gasteiger partial charge on any atom is -0.322 e. The van der Waals surface area contributed by atoms with Gasteiger partial charge in [-0.15, -0.1) is 0 Å². The molecule has 2 fully saturated rings. The second-order valence-electron chi connectivity index (χ2n) is 8.04. The zero-order valence-corrected chi connectivity index (χ0v) is 16.1. The number of carbonyl (C=O) groups is 3. The molecule has 3 aliphatic heterocycles. The summed E-state index contributed by atoms with van der Waals surface area (Å²) in [7, 11) is 0. The van der Waals surface area contributed by atoms with Gasteiger partial charge in [0.05, 0.1) is 0 Å². The molecule has 3 aliphatic rings. The van der Waals surface area contributed by atoms with Crippen LogP contribution in [-0.2, 0) is 22.7 Å². The first kappa shape index (κ1) is 19.1. The number of rotatable bonds is 5. The van der Waals surface area contributed by atoms with E-state index in [1.807, 2.05) is 12.1 Å². The predicted molar refractivity (Wildman–Crippen MR) is 104 cm³/mol. The molecular formula is C21H28N4O3. The van der Waals surface area contributed by atoms with Gasteiger partial charge in [0.15, 0.2) is 0 Å². The summed E-state index contributed by atoms with van der Waals surface area (Å²) < 4.78 is 0. The van der Waals surface area contributed by atoms with E-state index in [1.54, 1.807) is 4.90 Å². The highest BCUT2D eigenvalue weighted by molar-refractivity contribution is 6.05. The lowest BCUT2D eigenvalue weighted by Crippen LogP contribution is -2.52. The first-order valence-electron chi connectivity index (χ1n) is 10.3. The van der Waals surface area contributed by atoms with Crippen LogP contribution in [0.25, 0.3) is 0 Å². The molecule has 28 heavy (non-hydrogen) atoms. The molecule has 0 radical (unpaired) electrons. The highest BCUT2D eigenvalue weighted by atomic mass is 16.2. The standard InChI is InChI=1S/C21H28N4O3/c26-19-8-7-18(20(27)24-19)25-13-17-15(5-3-6-16(17)21(25)28)12-23-11-14-4-1-2-9-22-10-14/h3,5-6,14,18,22-23H,1-2,4,7-13H2,(H,24,26,27). The number of benzene rings is 1. The van der Waals surface area contributed by atoms with E-state index in [9.17, 15) is 14.4 Å². The fraction of sp³-hybridized carbons (Fsp3) is 0.571. The third-order valence-electron chi connectivity index (χ3n) is 6.08. The van der Waals surface area contributed by atoms with E-state index in [2.05, 4.69) is 22.0 Å². The van der Waals surface area contributed by atoms with Crippen molar-refractivity contribution in [2.75, 3.05) is 19.6 Å². The quantitative estimate of drug-likeness (QED) is 0.657. The second-order valence-corrected chi connectivity index (χ2v) is 8.04. The van der Waals surface area contributed by atoms with Gasteiger partial charge < -0.3 is 15.5 Å². The largest absolute Gasteiger partial charge is 0.322 e. The summed E-state index contributed by atoms with van der Waals surface area (Å²) in [6.45, 7) is 4.28. The van der Waals surface area contributed by atoms with E-state index in [0.29, 0.717) is 24.4 Å². The van der Waals surface area contributed by atoms with Gasteiger partial charge in [-0.25, -0.2) is 0 Å². The lowest BCUT2D eigenvalue weighted by molar-refractivity contribution is -0.136. The lowest BCUT2D eigenvalue weighted by Gasteiger charge is -2.29. The third kappa shape index (κ3) is 3.95. The Kier molecular flexibility index (Phi) is 5.73. The molecule has 0 bridgehead atoms. The Morgan fingerprint density at radius 1 is 1.14 bits per heavy atom. The summed E-state index contributed by atoms with van der Waals surface area (Å²) in [6, 6.07) is 5.24. The van der Waals surface area contributed by atoms with Crippen LogP contribution < -0.4 is 16.0 Å². The first-order valence-corrected chi connectivity index (χ1v) is 10.3. The highest BCUT2D eigenvalue weighted by Crippen LogP contribution is 2.29. The number of nitrogens with zero attached hydrogens (tertiary/aromatic N) is 1. The monoisotopic (exact) mass is 384 g/mol. The number of piperidine rings is 1. The van der Waals surface area contributed by atoms with Crippen molar-refractivity contribution < 1.29 is 14.4 Å². The van der Waals surface area contributed by atoms with Crippen molar-refractivity contribution in [2.24, 2.45) is 5.92 Å². The molecule has 7 heteroatoms. The van der Waals surface area contributed by atoms with Crippen LogP contribution in [0.4, 0.5) is 0 Å². The lowest BCUT2D eigenvalue weighted by atomic mass is 10.0. The summed E-state index contributed by atoms with van der Waals surface area (Å²) in [4.78, 5) is 38.1. The maximum Gasteiger partial charge on any atom is 0.255 e. The minimum atomic E-state index is -0.560. The molecule has 0 aliphatic carbocycles. The molecule has 0 aromatic heterocycles. The fourth-order valence-corrected chi connectivity index (χ4v) is 4.49. The van der Waals surface area contributed by atoms with Gasteiger partial charge in [-0.05, 0) is 62.0 Å². The summed E-state index contributed by atoms with van der Waals surface area (Å²) in [6.07, 6.45) is 4.44. The van der Waals surface area contributed by atoms with Crippen LogP contribution in [0.15, 0.2) is 18.2 Å². The van der Waals surface area contributed by atoms with Crippen LogP contribution in [0.1, 0.15) is 53.6 Å². The van der Waals surface area contributed by atoms with Crippen LogP contribution in [0.3, 0.4) is 0 Å². The molecule has 4 rings (SSSR count). The molecule has 1 aromatic carbocycles. The molecule has 2 atom stereocenters. The highest BCUT2D eigenvalue weighted by Gasteiger charge is 2.39. The summed E-state index contributed by atoms with van der Waals surface area (Å²) >= 11 is 0. The summed E-state index contributed by atoms with van der Waals surface area (Å²) in [5, 5.41) is 9.40. The average molecular weight is 384 g/mol. The van der Waals surface area contributed by atoms with Crippen molar-refractivity contribution >= 4 is 17.7 Å². The number of hydrogen-bond donors (Lipinski definition) is 3. The molecule has 7 nitrogen and oxygen atoms in total. The smallest absolute Gasteiger partial charge is 0.255 e. The van der Waals surface area contributed by atoms with Gasteiger partial charge >= 0.3 is 0 Å². The molecule has 0 spiro atoms. The molecular weight excluding hydrogens is 356 g/mol. The van der Waals surface area contributed by atoms with E-state index >= 15 is 0 Å². The number of nitrogens with one attached hydrogen (secondary N) is 3. The van der Waals surface area contributed by atoms with Crippen LogP contribution in [0.5, 0.6) is 0 Å². The van der Waals surface area contributed by atoms with Crippen LogP contribution >= 0.6 is 0 Å². The zero-order chi connectivity index (χ0) is 19.5. The maximum absolute atomic E-state index is 12.9. The van der Waals surface area contributed by atoms with Gasteiger partial charge in [0, 0.05) is 25.1 Å². The molecule has 3 amide bonds. The number of fused-ring (bicyclic) bond motifs is 1. The van der Waals surface area contributed by atoms with E-state index in [0.717, 1.165) is 37.3 Å². The summed E-state index contributed by atoms with van der Waals surface area (Å²) in [5.41, 5.74) is 2.80. The van der Waals surface area contributed by atoms with E-state index in [-0.39, 0.29) is 24.1 Å². The van der Waals surface area contributed by atoms with Gasteiger partial charge in [-0.3, -0.25) is 19.7 Å². The van der Waals surface area contributed by atoms with Crippen LogP contribution in [-0.4, -0.2) is 48.3 Å². The molecule has 3 heterocycles. The Morgan fingerprint density at radius 3 is 2.89 bits per heavy atom. The molecule has 1 aromatic rings. The van der Waals surface area contributed by atoms with Crippen molar-refractivity contribution in [3.05, 3.63) is 34.9 Å². The predicted octanol–water partition coefficient (Wildman–Crippen LogP) is 0.927. The Morgan fingerprint density at radius 2 is 2.04 bits per heavy atom. The number of imide groups is 1. The summed E-state index contributed by atoms with van der Waals surface area (Å²) in [5.74, 6) is -0.0959. The van der Waals surface area contributed by atoms with Gasteiger partial charge in [0.2, 0.25) is 11.8 Å². The van der Waals surface area contributed by atoms with Crippen molar-refractivity contribution in [3.63, 3.8) is 0 Å². The van der Waals surface area contributed by atoms with Crippen LogP contribution in [0.2, 0.25) is 0 Å². The van der Waals surface area contributed by atoms with E-state index in [4.69, 9.17) is 0 Å². The molecule has 0 saturated carbocycles. The van der Waals surface area contributed by atoms with Gasteiger partial charge in [-0.1, -0.05) is 18.6 Å². The number of carbonyl (C=O) groups excluding carboxylic acids is 3. The Hall–Kier alpha value is -2.25. The topological polar surface area (TPSA) is 90.5 Å². The van der Waals surface area contributed by atoms with Crippen LogP contribution in [0, 0.1) is 5.92 Å². The van der Waals surface area contributed by atoms with E-state index in [1.165, 1.54) is 19.3 Å². The van der Waals surface area contributed by atoms with E-state index < -0.39 is 6.04 Å². The Balaban J connectivity index is 1.41. The number of hydrogen-bond acceptors (Lipinski definition) is 5. The van der Waals surface area contributed by atoms with Gasteiger partial charge in [-0.2, -0.15) is 0 Å². The number of amides is 3. The van der Waals surface area contributed by atoms with Crippen molar-refractivity contribution in [1.82, 2.24) is 20.9 Å². The minimum absolute atomic E-state index is 0.112. The van der Waals surface area contributed by atoms with Crippen molar-refractivity contribution in [2.45, 2.75) is 51.2 Å². The Bertz CT molecular complexity index is 771. The zero-order valence-electron chi connectivity index (χ0n) is 16.1. The van der Waals surface area contributed by atoms with Crippen molar-refractivity contribution in [1.29, 1.82) is 0 Å². The Labute approximate surface area is 165 Å². The third-order valence-corrected chi connectivity index (χ3v) is 6.08. The van der Waals surface area contributed by atoms with Gasteiger partial charge in [0.1, 0.15) is 6.04 Å². The second kappa shape index (κ2) is 8.41. The first-order chi connectivity index (χ1) is 13.6. The average Bonchev–Trinajstić information content (AvgIpc) is 2.85. The maximum atomic E-state index is 12.9. The molecule has 3 N–H and O–H groups in total. The molecule has 2 saturated heterocycles. The molecule has 2 unspecified atom stereocenters. The SMILES string of the molecule is O=C1CCC(N2Cc3c(CNCC4CCCCNC4)cccc3C2=O)C(=O)N1. The normalized spacial score (nSPS) is 25.4. The van der Waals surface area contributed by atoms with Crippen molar-refractivity contribution in [3.8, 4) is 0 Å². The molecule has 150 valence electrons.